The van der Waals surface area contributed by atoms with Crippen molar-refractivity contribution in [2.45, 2.75) is 26.1 Å². The fraction of sp³-hybridized carbons (Fsp3) is 0.190. The number of rotatable bonds is 0. The van der Waals surface area contributed by atoms with Gasteiger partial charge in [-0.2, -0.15) is 5.26 Å². The fourth-order valence-corrected chi connectivity index (χ4v) is 3.43. The van der Waals surface area contributed by atoms with Crippen molar-refractivity contribution in [2.24, 2.45) is 0 Å². The van der Waals surface area contributed by atoms with Crippen molar-refractivity contribution in [2.75, 3.05) is 0 Å². The van der Waals surface area contributed by atoms with Crippen LogP contribution >= 0.6 is 0 Å². The molecule has 0 unspecified atom stereocenters. The van der Waals surface area contributed by atoms with Crippen LogP contribution in [0.1, 0.15) is 30.5 Å². The zero-order valence-corrected chi connectivity index (χ0v) is 13.9. The van der Waals surface area contributed by atoms with Crippen LogP contribution in [0, 0.1) is 11.3 Å². The number of hydrogen-bond acceptors (Lipinski definition) is 4. The molecule has 1 aromatic heterocycles. The molecule has 122 valence electrons. The minimum atomic E-state index is -0.323. The van der Waals surface area contributed by atoms with Gasteiger partial charge in [0.25, 0.3) is 0 Å². The minimum Gasteiger partial charge on any atom is -0.488 e. The van der Waals surface area contributed by atoms with E-state index in [0.29, 0.717) is 17.9 Å². The SMILES string of the molecule is CC1(C)C=Cc2cc3c4c(oc3cc2O1)-c1ccc(C#N)cc1OC4. The maximum absolute atomic E-state index is 9.06. The fourth-order valence-electron chi connectivity index (χ4n) is 3.43. The van der Waals surface area contributed by atoms with Gasteiger partial charge in [-0.05, 0) is 44.2 Å². The molecule has 0 atom stereocenters. The summed E-state index contributed by atoms with van der Waals surface area (Å²) < 4.78 is 18.1. The molecule has 0 aliphatic carbocycles. The molecule has 0 amide bonds. The summed E-state index contributed by atoms with van der Waals surface area (Å²) in [5.74, 6) is 2.33. The molecule has 0 fully saturated rings. The quantitative estimate of drug-likeness (QED) is 0.579. The van der Waals surface area contributed by atoms with Crippen LogP contribution < -0.4 is 9.47 Å². The number of hydrogen-bond donors (Lipinski definition) is 0. The third kappa shape index (κ3) is 2.06. The Kier molecular flexibility index (Phi) is 2.65. The van der Waals surface area contributed by atoms with Crippen LogP contribution in [-0.2, 0) is 6.61 Å². The third-order valence-corrected chi connectivity index (χ3v) is 4.69. The van der Waals surface area contributed by atoms with Crippen molar-refractivity contribution in [1.82, 2.24) is 0 Å². The normalized spacial score (nSPS) is 16.2. The second kappa shape index (κ2) is 4.67. The molecule has 4 heteroatoms. The van der Waals surface area contributed by atoms with Gasteiger partial charge in [-0.15, -0.1) is 0 Å². The molecule has 2 aliphatic heterocycles. The monoisotopic (exact) mass is 329 g/mol. The Labute approximate surface area is 144 Å². The maximum atomic E-state index is 9.06. The first-order valence-electron chi connectivity index (χ1n) is 8.19. The topological polar surface area (TPSA) is 55.4 Å². The van der Waals surface area contributed by atoms with E-state index in [1.165, 1.54) is 0 Å². The Morgan fingerprint density at radius 1 is 1.12 bits per heavy atom. The highest BCUT2D eigenvalue weighted by Gasteiger charge is 2.27. The summed E-state index contributed by atoms with van der Waals surface area (Å²) in [5, 5.41) is 10.1. The van der Waals surface area contributed by atoms with Crippen molar-refractivity contribution in [3.05, 3.63) is 53.1 Å². The second-order valence-corrected chi connectivity index (χ2v) is 6.95. The second-order valence-electron chi connectivity index (χ2n) is 6.95. The van der Waals surface area contributed by atoms with Crippen LogP contribution in [0.2, 0.25) is 0 Å². The zero-order valence-electron chi connectivity index (χ0n) is 13.9. The highest BCUT2D eigenvalue weighted by Crippen LogP contribution is 2.45. The first-order valence-corrected chi connectivity index (χ1v) is 8.19. The molecule has 0 radical (unpaired) electrons. The van der Waals surface area contributed by atoms with Crippen molar-refractivity contribution in [1.29, 1.82) is 5.26 Å². The van der Waals surface area contributed by atoms with Crippen molar-refractivity contribution in [3.8, 4) is 28.9 Å². The van der Waals surface area contributed by atoms with E-state index in [0.717, 1.165) is 39.2 Å². The number of furan rings is 1. The first-order chi connectivity index (χ1) is 12.0. The van der Waals surface area contributed by atoms with Crippen LogP contribution in [0.25, 0.3) is 28.4 Å². The van der Waals surface area contributed by atoms with E-state index in [2.05, 4.69) is 24.3 Å². The average Bonchev–Trinajstić information content (AvgIpc) is 2.96. The summed E-state index contributed by atoms with van der Waals surface area (Å²) >= 11 is 0. The largest absolute Gasteiger partial charge is 0.488 e. The molecular weight excluding hydrogens is 314 g/mol. The van der Waals surface area contributed by atoms with Crippen LogP contribution in [0.4, 0.5) is 0 Å². The predicted molar refractivity (Wildman–Crippen MR) is 94.4 cm³/mol. The molecule has 0 spiro atoms. The summed E-state index contributed by atoms with van der Waals surface area (Å²) in [6.45, 7) is 4.49. The smallest absolute Gasteiger partial charge is 0.145 e. The molecule has 25 heavy (non-hydrogen) atoms. The van der Waals surface area contributed by atoms with E-state index >= 15 is 0 Å². The Morgan fingerprint density at radius 2 is 2.00 bits per heavy atom. The van der Waals surface area contributed by atoms with Crippen LogP contribution in [-0.4, -0.2) is 5.60 Å². The van der Waals surface area contributed by atoms with E-state index in [9.17, 15) is 0 Å². The van der Waals surface area contributed by atoms with Gasteiger partial charge in [0.05, 0.1) is 17.2 Å². The van der Waals surface area contributed by atoms with Gasteiger partial charge in [0.15, 0.2) is 0 Å². The van der Waals surface area contributed by atoms with Gasteiger partial charge in [0.1, 0.15) is 35.1 Å². The van der Waals surface area contributed by atoms with E-state index < -0.39 is 0 Å². The standard InChI is InChI=1S/C21H15NO3/c1-21(2)6-5-13-8-15-16-11-23-18-7-12(10-22)3-4-14(18)20(16)24-19(15)9-17(13)25-21/h3-9H,11H2,1-2H3. The molecule has 2 aliphatic rings. The van der Waals surface area contributed by atoms with Gasteiger partial charge in [0, 0.05) is 22.6 Å². The lowest BCUT2D eigenvalue weighted by Crippen LogP contribution is -2.27. The van der Waals surface area contributed by atoms with Crippen LogP contribution in [0.15, 0.2) is 40.8 Å². The van der Waals surface area contributed by atoms with Crippen LogP contribution in [0.5, 0.6) is 11.5 Å². The zero-order chi connectivity index (χ0) is 17.2. The molecular formula is C21H15NO3. The molecule has 5 rings (SSSR count). The summed E-state index contributed by atoms with van der Waals surface area (Å²) in [6, 6.07) is 11.6. The van der Waals surface area contributed by atoms with Crippen molar-refractivity contribution in [3.63, 3.8) is 0 Å². The lowest BCUT2D eigenvalue weighted by molar-refractivity contribution is 0.159. The number of ether oxygens (including phenoxy) is 2. The predicted octanol–water partition coefficient (Wildman–Crippen LogP) is 5.05. The van der Waals surface area contributed by atoms with E-state index in [1.54, 1.807) is 12.1 Å². The number of nitriles is 1. The van der Waals surface area contributed by atoms with Crippen molar-refractivity contribution >= 4 is 17.0 Å². The maximum Gasteiger partial charge on any atom is 0.145 e. The minimum absolute atomic E-state index is 0.323. The number of benzene rings is 2. The molecule has 0 bridgehead atoms. The lowest BCUT2D eigenvalue weighted by Gasteiger charge is -2.27. The molecule has 0 saturated carbocycles. The highest BCUT2D eigenvalue weighted by atomic mass is 16.5. The van der Waals surface area contributed by atoms with E-state index in [-0.39, 0.29) is 5.60 Å². The summed E-state index contributed by atoms with van der Waals surface area (Å²) in [6.07, 6.45) is 4.15. The summed E-state index contributed by atoms with van der Waals surface area (Å²) in [4.78, 5) is 0. The van der Waals surface area contributed by atoms with Gasteiger partial charge in [0.2, 0.25) is 0 Å². The molecule has 2 aromatic carbocycles. The van der Waals surface area contributed by atoms with E-state index in [4.69, 9.17) is 19.2 Å². The Balaban J connectivity index is 1.72. The molecule has 4 nitrogen and oxygen atoms in total. The summed E-state index contributed by atoms with van der Waals surface area (Å²) in [5.41, 5.74) is 4.00. The van der Waals surface area contributed by atoms with Crippen molar-refractivity contribution < 1.29 is 13.9 Å². The van der Waals surface area contributed by atoms with Gasteiger partial charge in [-0.25, -0.2) is 0 Å². The molecule has 3 heterocycles. The van der Waals surface area contributed by atoms with Gasteiger partial charge in [-0.1, -0.05) is 6.08 Å². The number of fused-ring (bicyclic) bond motifs is 6. The third-order valence-electron chi connectivity index (χ3n) is 4.69. The van der Waals surface area contributed by atoms with Gasteiger partial charge >= 0.3 is 0 Å². The van der Waals surface area contributed by atoms with E-state index in [1.807, 2.05) is 26.0 Å². The average molecular weight is 329 g/mol. The molecule has 0 N–H and O–H groups in total. The van der Waals surface area contributed by atoms with Gasteiger partial charge in [-0.3, -0.25) is 0 Å². The Morgan fingerprint density at radius 3 is 2.84 bits per heavy atom. The molecule has 0 saturated heterocycles. The van der Waals surface area contributed by atoms with Gasteiger partial charge < -0.3 is 13.9 Å². The van der Waals surface area contributed by atoms with Crippen LogP contribution in [0.3, 0.4) is 0 Å². The lowest BCUT2D eigenvalue weighted by atomic mass is 9.98. The Hall–Kier alpha value is -3.19. The first kappa shape index (κ1) is 14.2. The summed E-state index contributed by atoms with van der Waals surface area (Å²) in [7, 11) is 0. The molecule has 3 aromatic rings. The highest BCUT2D eigenvalue weighted by molar-refractivity contribution is 5.93. The number of nitrogens with zero attached hydrogens (tertiary/aromatic N) is 1. The Bertz CT molecular complexity index is 1110.